The smallest absolute Gasteiger partial charge is 0 e. The summed E-state index contributed by atoms with van der Waals surface area (Å²) in [6.45, 7) is 3.03. The third-order valence-corrected chi connectivity index (χ3v) is 0.808. The van der Waals surface area contributed by atoms with Crippen LogP contribution in [0.4, 0.5) is 0 Å². The Labute approximate surface area is 58.4 Å². The monoisotopic (exact) mass is 190 g/mol. The molecular formula is C5H13NRh. The zero-order chi connectivity index (χ0) is 4.83. The molecular weight excluding hydrogens is 177 g/mol. The van der Waals surface area contributed by atoms with Crippen LogP contribution in [0.3, 0.4) is 0 Å². The molecule has 0 fully saturated rings. The maximum Gasteiger partial charge on any atom is 0 e. The molecule has 0 atom stereocenters. The largest absolute Gasteiger partial charge is 0.330 e. The summed E-state index contributed by atoms with van der Waals surface area (Å²) < 4.78 is 0. The van der Waals surface area contributed by atoms with Crippen LogP contribution in [0.5, 0.6) is 0 Å². The maximum absolute atomic E-state index is 5.21. The van der Waals surface area contributed by atoms with Crippen LogP contribution in [0, 0.1) is 0 Å². The average Bonchev–Trinajstić information content (AvgIpc) is 1.61. The molecule has 2 heteroatoms. The Morgan fingerprint density at radius 3 is 2.00 bits per heavy atom. The Morgan fingerprint density at radius 2 is 1.86 bits per heavy atom. The van der Waals surface area contributed by atoms with E-state index in [1.54, 1.807) is 0 Å². The normalized spacial score (nSPS) is 7.71. The Balaban J connectivity index is 0. The van der Waals surface area contributed by atoms with E-state index in [0.29, 0.717) is 0 Å². The fourth-order valence-corrected chi connectivity index (χ4v) is 0.394. The van der Waals surface area contributed by atoms with Gasteiger partial charge in [0.15, 0.2) is 0 Å². The van der Waals surface area contributed by atoms with Crippen LogP contribution in [-0.4, -0.2) is 6.54 Å². The van der Waals surface area contributed by atoms with Gasteiger partial charge in [0.25, 0.3) is 0 Å². The minimum absolute atomic E-state index is 0. The number of nitrogens with two attached hydrogens (primary N) is 1. The summed E-state index contributed by atoms with van der Waals surface area (Å²) in [6, 6.07) is 0. The number of hydrogen-bond donors (Lipinski definition) is 1. The summed E-state index contributed by atoms with van der Waals surface area (Å²) in [7, 11) is 0. The average molecular weight is 190 g/mol. The molecule has 0 saturated heterocycles. The van der Waals surface area contributed by atoms with Crippen molar-refractivity contribution in [3.63, 3.8) is 0 Å². The van der Waals surface area contributed by atoms with Gasteiger partial charge < -0.3 is 5.73 Å². The molecule has 1 nitrogen and oxygen atoms in total. The van der Waals surface area contributed by atoms with Crippen molar-refractivity contribution in [1.29, 1.82) is 0 Å². The Hall–Kier alpha value is 0.583. The summed E-state index contributed by atoms with van der Waals surface area (Å²) >= 11 is 0. The molecule has 0 aliphatic carbocycles. The van der Waals surface area contributed by atoms with Gasteiger partial charge in [-0.25, -0.2) is 0 Å². The summed E-state index contributed by atoms with van der Waals surface area (Å²) in [5.41, 5.74) is 5.21. The summed E-state index contributed by atoms with van der Waals surface area (Å²) in [4.78, 5) is 0. The van der Waals surface area contributed by atoms with Crippen molar-refractivity contribution in [1.82, 2.24) is 0 Å². The molecule has 0 unspecified atom stereocenters. The topological polar surface area (TPSA) is 26.0 Å². The second kappa shape index (κ2) is 9.77. The Kier molecular flexibility index (Phi) is 14.7. The first-order chi connectivity index (χ1) is 2.91. The van der Waals surface area contributed by atoms with Crippen LogP contribution >= 0.6 is 0 Å². The fourth-order valence-electron chi connectivity index (χ4n) is 0.394. The Bertz CT molecular complexity index is 20.0. The van der Waals surface area contributed by atoms with Gasteiger partial charge in [-0.1, -0.05) is 19.8 Å². The van der Waals surface area contributed by atoms with Crippen LogP contribution in [0.2, 0.25) is 0 Å². The van der Waals surface area contributed by atoms with E-state index in [2.05, 4.69) is 6.92 Å². The predicted molar refractivity (Wildman–Crippen MR) is 28.6 cm³/mol. The molecule has 0 bridgehead atoms. The van der Waals surface area contributed by atoms with E-state index in [4.69, 9.17) is 5.73 Å². The molecule has 47 valence electrons. The van der Waals surface area contributed by atoms with E-state index in [0.717, 1.165) is 6.54 Å². The van der Waals surface area contributed by atoms with Gasteiger partial charge in [0.2, 0.25) is 0 Å². The van der Waals surface area contributed by atoms with E-state index >= 15 is 0 Å². The third-order valence-electron chi connectivity index (χ3n) is 0.808. The quantitative estimate of drug-likeness (QED) is 0.524. The van der Waals surface area contributed by atoms with E-state index in [9.17, 15) is 0 Å². The van der Waals surface area contributed by atoms with Gasteiger partial charge in [-0.3, -0.25) is 0 Å². The van der Waals surface area contributed by atoms with E-state index in [-0.39, 0.29) is 19.5 Å². The minimum atomic E-state index is 0. The molecule has 0 rings (SSSR count). The first kappa shape index (κ1) is 10.5. The molecule has 0 aromatic carbocycles. The molecule has 2 N–H and O–H groups in total. The first-order valence-electron chi connectivity index (χ1n) is 2.62. The zero-order valence-electron chi connectivity index (χ0n) is 4.74. The molecule has 0 aromatic rings. The first-order valence-corrected chi connectivity index (χ1v) is 2.62. The number of rotatable bonds is 3. The van der Waals surface area contributed by atoms with Crippen molar-refractivity contribution in [3.8, 4) is 0 Å². The van der Waals surface area contributed by atoms with Gasteiger partial charge in [-0.05, 0) is 13.0 Å². The SMILES string of the molecule is CCCCCN.[Rh]. The second-order valence-electron chi connectivity index (χ2n) is 1.50. The van der Waals surface area contributed by atoms with Gasteiger partial charge in [-0.2, -0.15) is 0 Å². The standard InChI is InChI=1S/C5H13N.Rh/c1-2-3-4-5-6;/h2-6H2,1H3;. The van der Waals surface area contributed by atoms with E-state index in [1.165, 1.54) is 19.3 Å². The van der Waals surface area contributed by atoms with Crippen molar-refractivity contribution >= 4 is 0 Å². The van der Waals surface area contributed by atoms with Gasteiger partial charge in [0.05, 0.1) is 0 Å². The van der Waals surface area contributed by atoms with E-state index < -0.39 is 0 Å². The molecule has 1 radical (unpaired) electrons. The fraction of sp³-hybridized carbons (Fsp3) is 1.00. The number of unbranched alkanes of at least 4 members (excludes halogenated alkanes) is 2. The molecule has 0 aliphatic heterocycles. The Morgan fingerprint density at radius 1 is 1.29 bits per heavy atom. The predicted octanol–water partition coefficient (Wildman–Crippen LogP) is 1.13. The summed E-state index contributed by atoms with van der Waals surface area (Å²) in [6.07, 6.45) is 3.75. The van der Waals surface area contributed by atoms with Gasteiger partial charge in [-0.15, -0.1) is 0 Å². The van der Waals surface area contributed by atoms with Crippen molar-refractivity contribution in [2.24, 2.45) is 5.73 Å². The molecule has 0 aromatic heterocycles. The molecule has 0 heterocycles. The van der Waals surface area contributed by atoms with Crippen LogP contribution in [0.25, 0.3) is 0 Å². The van der Waals surface area contributed by atoms with Gasteiger partial charge in [0.1, 0.15) is 0 Å². The van der Waals surface area contributed by atoms with Crippen molar-refractivity contribution in [2.45, 2.75) is 26.2 Å². The summed E-state index contributed by atoms with van der Waals surface area (Å²) in [5, 5.41) is 0. The molecule has 7 heavy (non-hydrogen) atoms. The second-order valence-corrected chi connectivity index (χ2v) is 1.50. The molecule has 0 spiro atoms. The zero-order valence-corrected chi connectivity index (χ0v) is 6.38. The van der Waals surface area contributed by atoms with Crippen LogP contribution in [-0.2, 0) is 19.5 Å². The van der Waals surface area contributed by atoms with Crippen molar-refractivity contribution in [3.05, 3.63) is 0 Å². The third kappa shape index (κ3) is 10.8. The van der Waals surface area contributed by atoms with Gasteiger partial charge in [0, 0.05) is 19.5 Å². The van der Waals surface area contributed by atoms with Crippen molar-refractivity contribution in [2.75, 3.05) is 6.54 Å². The maximum atomic E-state index is 5.21. The van der Waals surface area contributed by atoms with Crippen molar-refractivity contribution < 1.29 is 19.5 Å². The van der Waals surface area contributed by atoms with E-state index in [1.807, 2.05) is 0 Å². The molecule has 0 saturated carbocycles. The number of hydrogen-bond acceptors (Lipinski definition) is 1. The molecule has 0 amide bonds. The van der Waals surface area contributed by atoms with Crippen LogP contribution in [0.1, 0.15) is 26.2 Å². The summed E-state index contributed by atoms with van der Waals surface area (Å²) in [5.74, 6) is 0. The van der Waals surface area contributed by atoms with Crippen LogP contribution < -0.4 is 5.73 Å². The van der Waals surface area contributed by atoms with Crippen LogP contribution in [0.15, 0.2) is 0 Å². The minimum Gasteiger partial charge on any atom is -0.330 e. The van der Waals surface area contributed by atoms with Gasteiger partial charge >= 0.3 is 0 Å². The molecule has 0 aliphatic rings.